The van der Waals surface area contributed by atoms with Gasteiger partial charge in [-0.1, -0.05) is 66.4 Å². The number of carboxylic acid groups (broad SMARTS) is 1. The molecule has 0 fully saturated rings. The molecule has 3 N–H and O–H groups in total. The van der Waals surface area contributed by atoms with E-state index in [1.54, 1.807) is 18.2 Å². The molecule has 154 valence electrons. The van der Waals surface area contributed by atoms with E-state index in [-0.39, 0.29) is 16.3 Å². The molecule has 2 heterocycles. The van der Waals surface area contributed by atoms with Crippen LogP contribution in [0.25, 0.3) is 22.0 Å². The number of pyridine rings is 1. The molecule has 0 saturated carbocycles. The van der Waals surface area contributed by atoms with Gasteiger partial charge in [-0.2, -0.15) is 0 Å². The molecule has 0 radical (unpaired) electrons. The number of hydrogen-bond donors (Lipinski definition) is 2. The number of aromatic carboxylic acids is 1. The predicted molar refractivity (Wildman–Crippen MR) is 119 cm³/mol. The monoisotopic (exact) mass is 432 g/mol. The van der Waals surface area contributed by atoms with Gasteiger partial charge in [0.1, 0.15) is 16.8 Å². The van der Waals surface area contributed by atoms with Crippen LogP contribution in [0.15, 0.2) is 76.6 Å². The summed E-state index contributed by atoms with van der Waals surface area (Å²) < 4.78 is 16.9. The molecule has 7 heteroatoms. The Morgan fingerprint density at radius 1 is 1.10 bits per heavy atom. The van der Waals surface area contributed by atoms with Crippen molar-refractivity contribution in [2.75, 3.05) is 0 Å². The van der Waals surface area contributed by atoms with Crippen LogP contribution < -0.4 is 11.2 Å². The number of hydrogen-bond acceptors (Lipinski definition) is 4. The molecule has 1 aliphatic rings. The summed E-state index contributed by atoms with van der Waals surface area (Å²) in [7, 11) is 0. The van der Waals surface area contributed by atoms with Gasteiger partial charge in [0.2, 0.25) is 5.43 Å². The van der Waals surface area contributed by atoms with Crippen LogP contribution in [0.3, 0.4) is 0 Å². The molecule has 1 atom stereocenters. The molecule has 3 aromatic carbocycles. The van der Waals surface area contributed by atoms with Crippen LogP contribution >= 0.6 is 11.8 Å². The van der Waals surface area contributed by atoms with Gasteiger partial charge in [0.05, 0.1) is 10.5 Å². The number of rotatable bonds is 4. The minimum absolute atomic E-state index is 0.0576. The Morgan fingerprint density at radius 2 is 1.81 bits per heavy atom. The second-order valence-electron chi connectivity index (χ2n) is 7.32. The number of thioether (sulfide) groups is 1. The average Bonchev–Trinajstić information content (AvgIpc) is 2.76. The molecule has 0 aliphatic carbocycles. The van der Waals surface area contributed by atoms with Crippen LogP contribution in [-0.2, 0) is 6.54 Å². The third-order valence-electron chi connectivity index (χ3n) is 5.51. The van der Waals surface area contributed by atoms with Crippen molar-refractivity contribution in [3.63, 3.8) is 0 Å². The molecule has 1 aromatic heterocycles. The van der Waals surface area contributed by atoms with E-state index in [0.29, 0.717) is 28.2 Å². The van der Waals surface area contributed by atoms with E-state index in [1.165, 1.54) is 11.8 Å². The fourth-order valence-electron chi connectivity index (χ4n) is 3.93. The fraction of sp³-hybridized carbons (Fsp3) is 0.0833. The SMILES string of the molecule is NCc1ccc(-c2cc3c(cc2F)c(=O)c(C(=O)O)c2n3C(c3ccccc3)S2)cc1. The summed E-state index contributed by atoms with van der Waals surface area (Å²) in [4.78, 5) is 24.7. The zero-order chi connectivity index (χ0) is 21.7. The van der Waals surface area contributed by atoms with Crippen LogP contribution in [0.4, 0.5) is 4.39 Å². The van der Waals surface area contributed by atoms with Gasteiger partial charge in [-0.3, -0.25) is 4.79 Å². The first kappa shape index (κ1) is 19.5. The molecule has 0 bridgehead atoms. The number of benzene rings is 3. The first-order valence-electron chi connectivity index (χ1n) is 9.65. The van der Waals surface area contributed by atoms with Crippen molar-refractivity contribution in [3.05, 3.63) is 99.5 Å². The van der Waals surface area contributed by atoms with Crippen molar-refractivity contribution in [1.82, 2.24) is 4.57 Å². The summed E-state index contributed by atoms with van der Waals surface area (Å²) in [5.41, 5.74) is 8.08. The number of aromatic nitrogens is 1. The number of carbonyl (C=O) groups is 1. The van der Waals surface area contributed by atoms with Gasteiger partial charge in [0.25, 0.3) is 0 Å². The van der Waals surface area contributed by atoms with Crippen LogP contribution in [0.2, 0.25) is 0 Å². The maximum Gasteiger partial charge on any atom is 0.342 e. The zero-order valence-electron chi connectivity index (χ0n) is 16.2. The third kappa shape index (κ3) is 3.05. The third-order valence-corrected chi connectivity index (χ3v) is 6.84. The Morgan fingerprint density at radius 3 is 2.45 bits per heavy atom. The number of nitrogens with zero attached hydrogens (tertiary/aromatic N) is 1. The van der Waals surface area contributed by atoms with E-state index in [0.717, 1.165) is 17.2 Å². The summed E-state index contributed by atoms with van der Waals surface area (Å²) in [6, 6.07) is 19.6. The lowest BCUT2D eigenvalue weighted by Gasteiger charge is -2.35. The Bertz CT molecular complexity index is 1400. The van der Waals surface area contributed by atoms with Crippen LogP contribution in [0.1, 0.15) is 26.9 Å². The molecule has 0 spiro atoms. The second-order valence-corrected chi connectivity index (χ2v) is 8.38. The van der Waals surface area contributed by atoms with Crippen molar-refractivity contribution < 1.29 is 14.3 Å². The van der Waals surface area contributed by atoms with Gasteiger partial charge < -0.3 is 15.4 Å². The first-order valence-corrected chi connectivity index (χ1v) is 10.5. The van der Waals surface area contributed by atoms with Gasteiger partial charge in [0, 0.05) is 17.5 Å². The normalized spacial score (nSPS) is 14.8. The molecule has 31 heavy (non-hydrogen) atoms. The maximum atomic E-state index is 15.0. The van der Waals surface area contributed by atoms with Crippen molar-refractivity contribution in [2.24, 2.45) is 5.73 Å². The largest absolute Gasteiger partial charge is 0.477 e. The highest BCUT2D eigenvalue weighted by atomic mass is 32.2. The Balaban J connectivity index is 1.79. The van der Waals surface area contributed by atoms with Gasteiger partial charge in [-0.25, -0.2) is 9.18 Å². The molecule has 4 aromatic rings. The van der Waals surface area contributed by atoms with Crippen molar-refractivity contribution in [1.29, 1.82) is 0 Å². The van der Waals surface area contributed by atoms with Gasteiger partial charge in [-0.05, 0) is 28.8 Å². The summed E-state index contributed by atoms with van der Waals surface area (Å²) in [5, 5.41) is 9.88. The Kier molecular flexibility index (Phi) is 4.64. The number of halogens is 1. The first-order chi connectivity index (χ1) is 15.0. The fourth-order valence-corrected chi connectivity index (χ4v) is 5.21. The molecule has 5 nitrogen and oxygen atoms in total. The highest BCUT2D eigenvalue weighted by Gasteiger charge is 2.36. The summed E-state index contributed by atoms with van der Waals surface area (Å²) in [6.07, 6.45) is 0. The Hall–Kier alpha value is -3.42. The highest BCUT2D eigenvalue weighted by Crippen LogP contribution is 2.50. The molecule has 0 amide bonds. The zero-order valence-corrected chi connectivity index (χ0v) is 17.0. The minimum atomic E-state index is -1.31. The highest BCUT2D eigenvalue weighted by molar-refractivity contribution is 8.00. The van der Waals surface area contributed by atoms with E-state index >= 15 is 4.39 Å². The number of nitrogens with two attached hydrogens (primary N) is 1. The van der Waals surface area contributed by atoms with Crippen molar-refractivity contribution >= 4 is 28.6 Å². The lowest BCUT2D eigenvalue weighted by Crippen LogP contribution is -2.29. The van der Waals surface area contributed by atoms with Crippen molar-refractivity contribution in [2.45, 2.75) is 16.9 Å². The minimum Gasteiger partial charge on any atom is -0.477 e. The van der Waals surface area contributed by atoms with E-state index in [4.69, 9.17) is 5.73 Å². The van der Waals surface area contributed by atoms with Crippen molar-refractivity contribution in [3.8, 4) is 11.1 Å². The second kappa shape index (κ2) is 7.37. The molecular weight excluding hydrogens is 415 g/mol. The topological polar surface area (TPSA) is 85.3 Å². The molecule has 1 aliphatic heterocycles. The van der Waals surface area contributed by atoms with E-state index in [1.807, 2.05) is 47.0 Å². The standard InChI is InChI=1S/C24H17FN2O3S/c25-18-10-17-19(11-16(18)14-8-6-13(12-26)7-9-14)27-22(15-4-2-1-3-5-15)31-23(27)20(21(17)28)24(29)30/h1-11,22H,12,26H2,(H,29,30). The molecular formula is C24H17FN2O3S. The smallest absolute Gasteiger partial charge is 0.342 e. The van der Waals surface area contributed by atoms with Crippen LogP contribution in [0.5, 0.6) is 0 Å². The summed E-state index contributed by atoms with van der Waals surface area (Å²) in [6.45, 7) is 0.386. The van der Waals surface area contributed by atoms with Crippen LogP contribution in [0, 0.1) is 5.82 Å². The lowest BCUT2D eigenvalue weighted by atomic mass is 10.00. The maximum absolute atomic E-state index is 15.0. The quantitative estimate of drug-likeness (QED) is 0.492. The Labute approximate surface area is 180 Å². The van der Waals surface area contributed by atoms with Gasteiger partial charge >= 0.3 is 5.97 Å². The molecule has 5 rings (SSSR count). The van der Waals surface area contributed by atoms with Gasteiger partial charge in [0.15, 0.2) is 0 Å². The number of fused-ring (bicyclic) bond motifs is 3. The predicted octanol–water partition coefficient (Wildman–Crippen LogP) is 4.62. The van der Waals surface area contributed by atoms with E-state index in [2.05, 4.69) is 0 Å². The number of carboxylic acids is 1. The van der Waals surface area contributed by atoms with E-state index in [9.17, 15) is 14.7 Å². The van der Waals surface area contributed by atoms with Crippen LogP contribution in [-0.4, -0.2) is 15.6 Å². The van der Waals surface area contributed by atoms with E-state index < -0.39 is 17.2 Å². The lowest BCUT2D eigenvalue weighted by molar-refractivity contribution is 0.0689. The summed E-state index contributed by atoms with van der Waals surface area (Å²) in [5.74, 6) is -1.89. The molecule has 0 saturated heterocycles. The average molecular weight is 432 g/mol. The molecule has 1 unspecified atom stereocenters. The van der Waals surface area contributed by atoms with Gasteiger partial charge in [-0.15, -0.1) is 0 Å². The summed E-state index contributed by atoms with van der Waals surface area (Å²) >= 11 is 1.32.